The van der Waals surface area contributed by atoms with Crippen molar-refractivity contribution in [1.29, 1.82) is 0 Å². The van der Waals surface area contributed by atoms with Crippen LogP contribution < -0.4 is 15.6 Å². The van der Waals surface area contributed by atoms with E-state index in [9.17, 15) is 13.4 Å². The zero-order chi connectivity index (χ0) is 23.9. The van der Waals surface area contributed by atoms with Gasteiger partial charge in [0.05, 0.1) is 29.5 Å². The van der Waals surface area contributed by atoms with Crippen molar-refractivity contribution in [3.8, 4) is 0 Å². The molecule has 176 valence electrons. The Hall–Kier alpha value is -2.87. The van der Waals surface area contributed by atoms with Gasteiger partial charge in [-0.3, -0.25) is 9.36 Å². The molecule has 2 N–H and O–H groups in total. The average molecular weight is 472 g/mol. The predicted octanol–water partition coefficient (Wildman–Crippen LogP) is 4.85. The van der Waals surface area contributed by atoms with E-state index >= 15 is 0 Å². The monoisotopic (exact) mass is 471 g/mol. The van der Waals surface area contributed by atoms with Gasteiger partial charge in [-0.15, -0.1) is 0 Å². The summed E-state index contributed by atoms with van der Waals surface area (Å²) in [6, 6.07) is 6.52. The number of aromatic nitrogens is 1. The fraction of sp³-hybridized carbons (Fsp3) is 0.400. The lowest BCUT2D eigenvalue weighted by Gasteiger charge is -2.21. The van der Waals surface area contributed by atoms with E-state index in [1.807, 2.05) is 13.0 Å². The molecule has 0 spiro atoms. The highest BCUT2D eigenvalue weighted by Gasteiger charge is 2.45. The Bertz CT molecular complexity index is 1230. The Morgan fingerprint density at radius 3 is 2.61 bits per heavy atom. The third kappa shape index (κ3) is 4.76. The molecule has 1 aromatic carbocycles. The number of pyridine rings is 1. The third-order valence-corrected chi connectivity index (χ3v) is 7.88. The summed E-state index contributed by atoms with van der Waals surface area (Å²) in [5.41, 5.74) is 3.16. The Labute approximate surface area is 196 Å². The van der Waals surface area contributed by atoms with Gasteiger partial charge < -0.3 is 14.8 Å². The Balaban J connectivity index is 1.56. The Morgan fingerprint density at radius 1 is 1.18 bits per heavy atom. The molecule has 1 aromatic heterocycles. The van der Waals surface area contributed by atoms with Gasteiger partial charge in [-0.1, -0.05) is 24.6 Å². The highest BCUT2D eigenvalue weighted by Crippen LogP contribution is 2.46. The smallest absolute Gasteiger partial charge is 0.254 e. The highest BCUT2D eigenvalue weighted by molar-refractivity contribution is 7.87. The summed E-state index contributed by atoms with van der Waals surface area (Å²) < 4.78 is 37.6. The fourth-order valence-electron chi connectivity index (χ4n) is 4.37. The summed E-state index contributed by atoms with van der Waals surface area (Å²) in [6.07, 6.45) is 5.83. The second kappa shape index (κ2) is 9.17. The summed E-state index contributed by atoms with van der Waals surface area (Å²) in [7, 11) is 1.94. The first-order valence-electron chi connectivity index (χ1n) is 11.0. The number of nitrogens with one attached hydrogen (secondary N) is 2. The quantitative estimate of drug-likeness (QED) is 0.606. The van der Waals surface area contributed by atoms with Crippen LogP contribution in [-0.4, -0.2) is 21.1 Å². The molecule has 0 aliphatic heterocycles. The Morgan fingerprint density at radius 2 is 1.94 bits per heavy atom. The van der Waals surface area contributed by atoms with Crippen LogP contribution >= 0.6 is 0 Å². The lowest BCUT2D eigenvalue weighted by Crippen LogP contribution is -2.24. The van der Waals surface area contributed by atoms with Crippen molar-refractivity contribution in [3.63, 3.8) is 0 Å². The number of rotatable bonds is 7. The number of allylic oxidation sites excluding steroid dienone is 4. The summed E-state index contributed by atoms with van der Waals surface area (Å²) in [4.78, 5) is 12.5. The molecular formula is C25H30FN3O3S. The number of hydrogen-bond donors (Lipinski definition) is 2. The lowest BCUT2D eigenvalue weighted by atomic mass is 9.91. The second-order valence-electron chi connectivity index (χ2n) is 8.96. The SMILES string of the molecule is COC1=CC=C(C2CC2S(=O)Nc2cc(C)c(=O)n(C)c2Nc2ccc(C)cc2F)CC1C. The molecular weight excluding hydrogens is 441 g/mol. The average Bonchev–Trinajstić information content (AvgIpc) is 3.57. The van der Waals surface area contributed by atoms with Gasteiger partial charge >= 0.3 is 0 Å². The van der Waals surface area contributed by atoms with E-state index in [-0.39, 0.29) is 22.4 Å². The van der Waals surface area contributed by atoms with Crippen molar-refractivity contribution in [2.75, 3.05) is 17.1 Å². The van der Waals surface area contributed by atoms with Gasteiger partial charge in [0.1, 0.15) is 22.6 Å². The molecule has 4 atom stereocenters. The molecule has 0 radical (unpaired) electrons. The van der Waals surface area contributed by atoms with Gasteiger partial charge in [0.15, 0.2) is 0 Å². The van der Waals surface area contributed by atoms with Crippen molar-refractivity contribution in [2.45, 2.75) is 38.9 Å². The summed E-state index contributed by atoms with van der Waals surface area (Å²) >= 11 is 0. The third-order valence-electron chi connectivity index (χ3n) is 6.39. The maximum atomic E-state index is 14.5. The topological polar surface area (TPSA) is 72.4 Å². The Kier molecular flexibility index (Phi) is 6.47. The number of aryl methyl sites for hydroxylation is 2. The number of benzene rings is 1. The van der Waals surface area contributed by atoms with E-state index in [1.54, 1.807) is 39.3 Å². The molecule has 0 bridgehead atoms. The number of halogens is 1. The normalized spacial score (nSPS) is 22.8. The standard InChI is InChI=1S/C25H30FN3O3S/c1-14-6-8-20(19(26)10-14)27-24-21(12-16(3)25(30)29(24)4)28-33(31)23-13-18(23)17-7-9-22(32-5)15(2)11-17/h6-10,12,15,18,23,27-28H,11,13H2,1-5H3. The number of anilines is 3. The molecule has 2 aliphatic carbocycles. The van der Waals surface area contributed by atoms with E-state index in [2.05, 4.69) is 23.0 Å². The molecule has 1 heterocycles. The first-order chi connectivity index (χ1) is 15.7. The van der Waals surface area contributed by atoms with E-state index in [0.717, 1.165) is 24.2 Å². The summed E-state index contributed by atoms with van der Waals surface area (Å²) in [5, 5.41) is 3.01. The minimum atomic E-state index is -1.36. The first-order valence-corrected chi connectivity index (χ1v) is 12.3. The van der Waals surface area contributed by atoms with Crippen LogP contribution in [0.4, 0.5) is 21.6 Å². The largest absolute Gasteiger partial charge is 0.501 e. The van der Waals surface area contributed by atoms with Gasteiger partial charge in [0.25, 0.3) is 5.56 Å². The van der Waals surface area contributed by atoms with Crippen molar-refractivity contribution in [2.24, 2.45) is 18.9 Å². The van der Waals surface area contributed by atoms with Gasteiger partial charge in [0, 0.05) is 18.5 Å². The molecule has 6 nitrogen and oxygen atoms in total. The molecule has 2 aliphatic rings. The zero-order valence-electron chi connectivity index (χ0n) is 19.6. The lowest BCUT2D eigenvalue weighted by molar-refractivity contribution is 0.244. The van der Waals surface area contributed by atoms with E-state index in [1.165, 1.54) is 16.2 Å². The molecule has 4 rings (SSSR count). The van der Waals surface area contributed by atoms with E-state index in [4.69, 9.17) is 4.74 Å². The maximum Gasteiger partial charge on any atom is 0.254 e. The highest BCUT2D eigenvalue weighted by atomic mass is 32.2. The number of hydrogen-bond acceptors (Lipinski definition) is 4. The van der Waals surface area contributed by atoms with Crippen LogP contribution in [0, 0.1) is 31.5 Å². The maximum absolute atomic E-state index is 14.5. The van der Waals surface area contributed by atoms with Gasteiger partial charge in [-0.05, 0) is 62.4 Å². The molecule has 4 unspecified atom stereocenters. The zero-order valence-corrected chi connectivity index (χ0v) is 20.4. The van der Waals surface area contributed by atoms with E-state index < -0.39 is 16.8 Å². The van der Waals surface area contributed by atoms with Crippen LogP contribution in [0.2, 0.25) is 0 Å². The van der Waals surface area contributed by atoms with Crippen LogP contribution in [0.1, 0.15) is 30.9 Å². The van der Waals surface area contributed by atoms with Gasteiger partial charge in [0.2, 0.25) is 0 Å². The number of ether oxygens (including phenoxy) is 1. The molecule has 33 heavy (non-hydrogen) atoms. The molecule has 0 saturated heterocycles. The van der Waals surface area contributed by atoms with Crippen molar-refractivity contribution >= 4 is 28.2 Å². The first kappa shape index (κ1) is 23.3. The molecule has 1 saturated carbocycles. The van der Waals surface area contributed by atoms with Crippen molar-refractivity contribution < 1.29 is 13.3 Å². The van der Waals surface area contributed by atoms with Gasteiger partial charge in [-0.2, -0.15) is 0 Å². The molecule has 2 aromatic rings. The van der Waals surface area contributed by atoms with Gasteiger partial charge in [-0.25, -0.2) is 8.60 Å². The second-order valence-corrected chi connectivity index (χ2v) is 10.4. The molecule has 8 heteroatoms. The molecule has 1 fully saturated rings. The van der Waals surface area contributed by atoms with Crippen LogP contribution in [0.25, 0.3) is 0 Å². The van der Waals surface area contributed by atoms with Crippen LogP contribution in [0.5, 0.6) is 0 Å². The van der Waals surface area contributed by atoms with Crippen molar-refractivity contribution in [3.05, 3.63) is 75.0 Å². The van der Waals surface area contributed by atoms with Crippen molar-refractivity contribution in [1.82, 2.24) is 4.57 Å². The van der Waals surface area contributed by atoms with Crippen LogP contribution in [0.15, 0.2) is 52.5 Å². The minimum Gasteiger partial charge on any atom is -0.501 e. The predicted molar refractivity (Wildman–Crippen MR) is 131 cm³/mol. The number of methoxy groups -OCH3 is 1. The molecule has 0 amide bonds. The van der Waals surface area contributed by atoms with Crippen LogP contribution in [0.3, 0.4) is 0 Å². The number of nitrogens with zero attached hydrogens (tertiary/aromatic N) is 1. The fourth-order valence-corrected chi connectivity index (χ4v) is 5.75. The van der Waals surface area contributed by atoms with E-state index in [0.29, 0.717) is 23.0 Å². The van der Waals surface area contributed by atoms with Crippen LogP contribution in [-0.2, 0) is 22.8 Å². The minimum absolute atomic E-state index is 0.0116. The summed E-state index contributed by atoms with van der Waals surface area (Å²) in [5.74, 6) is 1.49. The summed E-state index contributed by atoms with van der Waals surface area (Å²) in [6.45, 7) is 5.65.